The number of aromatic nitrogens is 3. The van der Waals surface area contributed by atoms with Crippen molar-refractivity contribution in [2.75, 3.05) is 17.7 Å². The monoisotopic (exact) mass is 711 g/mol. The molecule has 48 heavy (non-hydrogen) atoms. The van der Waals surface area contributed by atoms with Crippen LogP contribution < -0.4 is 15.4 Å². The van der Waals surface area contributed by atoms with Gasteiger partial charge in [-0.2, -0.15) is 8.42 Å². The van der Waals surface area contributed by atoms with Gasteiger partial charge >= 0.3 is 0 Å². The van der Waals surface area contributed by atoms with E-state index in [9.17, 15) is 26.4 Å². The molecule has 248 valence electrons. The van der Waals surface area contributed by atoms with Crippen LogP contribution in [-0.4, -0.2) is 48.7 Å². The van der Waals surface area contributed by atoms with Gasteiger partial charge in [-0.1, -0.05) is 11.6 Å². The Morgan fingerprint density at radius 3 is 1.81 bits per heavy atom. The van der Waals surface area contributed by atoms with Crippen molar-refractivity contribution in [1.82, 2.24) is 12.9 Å². The van der Waals surface area contributed by atoms with E-state index in [4.69, 9.17) is 25.2 Å². The molecule has 0 atom stereocenters. The Hall–Kier alpha value is -5.58. The zero-order chi connectivity index (χ0) is 34.5. The number of hydrogen-bond acceptors (Lipinski definition) is 10. The van der Waals surface area contributed by atoms with Gasteiger partial charge in [0.05, 0.1) is 42.1 Å². The van der Waals surface area contributed by atoms with Gasteiger partial charge in [0.15, 0.2) is 16.5 Å². The highest BCUT2D eigenvalue weighted by Crippen LogP contribution is 2.24. The van der Waals surface area contributed by atoms with Gasteiger partial charge in [-0.15, -0.1) is 0 Å². The van der Waals surface area contributed by atoms with Crippen molar-refractivity contribution >= 4 is 54.8 Å². The van der Waals surface area contributed by atoms with Crippen LogP contribution in [0.1, 0.15) is 26.7 Å². The summed E-state index contributed by atoms with van der Waals surface area (Å²) >= 11 is 5.87. The smallest absolute Gasteiger partial charge is 0.291 e. The molecule has 1 aromatic carbocycles. The fourth-order valence-electron chi connectivity index (χ4n) is 4.17. The summed E-state index contributed by atoms with van der Waals surface area (Å²) in [5.41, 5.74) is 1.19. The van der Waals surface area contributed by atoms with E-state index in [1.165, 1.54) is 99.2 Å². The molecular weight excluding hydrogens is 686 g/mol. The highest BCUT2D eigenvalue weighted by molar-refractivity contribution is 7.90. The van der Waals surface area contributed by atoms with E-state index in [2.05, 4.69) is 15.6 Å². The zero-order valence-electron chi connectivity index (χ0n) is 25.1. The van der Waals surface area contributed by atoms with Crippen molar-refractivity contribution in [3.63, 3.8) is 0 Å². The van der Waals surface area contributed by atoms with Crippen molar-refractivity contribution < 1.29 is 40.0 Å². The Kier molecular flexibility index (Phi) is 9.88. The molecule has 0 aliphatic heterocycles. The van der Waals surface area contributed by atoms with E-state index < -0.39 is 31.9 Å². The van der Waals surface area contributed by atoms with Crippen LogP contribution in [-0.2, 0) is 20.0 Å². The summed E-state index contributed by atoms with van der Waals surface area (Å²) in [5.74, 6) is -0.218. The lowest BCUT2D eigenvalue weighted by Crippen LogP contribution is -2.13. The highest BCUT2D eigenvalue weighted by atomic mass is 35.5. The number of nitrogens with one attached hydrogen (secondary N) is 2. The Morgan fingerprint density at radius 2 is 1.35 bits per heavy atom. The lowest BCUT2D eigenvalue weighted by molar-refractivity contribution is 0.0989. The molecule has 0 radical (unpaired) electrons. The fraction of sp³-hybridized carbons (Fsp3) is 0.0645. The summed E-state index contributed by atoms with van der Waals surface area (Å²) in [6.07, 6.45) is 9.36. The number of nitrogens with zero attached hydrogens (tertiary/aromatic N) is 3. The molecule has 6 aromatic rings. The van der Waals surface area contributed by atoms with Crippen LogP contribution in [0, 0.1) is 6.92 Å². The van der Waals surface area contributed by atoms with Gasteiger partial charge in [0.25, 0.3) is 31.9 Å². The standard InChI is InChI=1S/C16H13ClN2O4S.C15H13N3O5S/c1-11-9-12(17)4-5-15(11)24(21,22)19-7-6-13(10-19)18-16(20)14-3-2-8-23-14;1-22-12-4-5-14(16-9-12)24(20,21)18-7-6-11(10-18)17-15(19)13-3-2-8-23-13/h2-10H,1H3,(H,18,20);2-10H,1H3,(H,17,19). The maximum absolute atomic E-state index is 12.7. The molecule has 0 bridgehead atoms. The summed E-state index contributed by atoms with van der Waals surface area (Å²) < 4.78 is 67.3. The molecule has 0 saturated carbocycles. The van der Waals surface area contributed by atoms with E-state index in [0.29, 0.717) is 27.7 Å². The molecule has 6 rings (SSSR count). The minimum absolute atomic E-state index is 0.127. The number of rotatable bonds is 9. The Labute approximate surface area is 279 Å². The molecule has 5 aromatic heterocycles. The average molecular weight is 712 g/mol. The molecule has 0 aliphatic carbocycles. The maximum atomic E-state index is 12.7. The van der Waals surface area contributed by atoms with Crippen LogP contribution in [0.2, 0.25) is 5.02 Å². The Bertz CT molecular complexity index is 2260. The normalized spacial score (nSPS) is 11.3. The van der Waals surface area contributed by atoms with Gasteiger partial charge < -0.3 is 24.2 Å². The van der Waals surface area contributed by atoms with E-state index in [1.807, 2.05) is 0 Å². The zero-order valence-corrected chi connectivity index (χ0v) is 27.5. The molecule has 5 heterocycles. The first-order chi connectivity index (χ1) is 22.9. The number of aryl methyl sites for hydroxylation is 1. The van der Waals surface area contributed by atoms with Gasteiger partial charge in [-0.05, 0) is 79.2 Å². The van der Waals surface area contributed by atoms with Crippen molar-refractivity contribution in [3.8, 4) is 5.75 Å². The van der Waals surface area contributed by atoms with Crippen molar-refractivity contribution in [2.45, 2.75) is 16.8 Å². The molecule has 0 unspecified atom stereocenters. The summed E-state index contributed by atoms with van der Waals surface area (Å²) in [4.78, 5) is 27.8. The third kappa shape index (κ3) is 7.52. The molecule has 14 nitrogen and oxygen atoms in total. The molecule has 0 aliphatic rings. The van der Waals surface area contributed by atoms with Crippen LogP contribution in [0.15, 0.2) is 129 Å². The number of furan rings is 2. The number of ether oxygens (including phenoxy) is 1. The number of carbonyl (C=O) groups is 2. The van der Waals surface area contributed by atoms with Crippen LogP contribution in [0.4, 0.5) is 11.4 Å². The van der Waals surface area contributed by atoms with Crippen LogP contribution in [0.25, 0.3) is 0 Å². The van der Waals surface area contributed by atoms with Crippen LogP contribution in [0.5, 0.6) is 5.75 Å². The van der Waals surface area contributed by atoms with Gasteiger partial charge in [-0.3, -0.25) is 9.59 Å². The number of hydrogen-bond donors (Lipinski definition) is 2. The Morgan fingerprint density at radius 1 is 0.792 bits per heavy atom. The second kappa shape index (κ2) is 14.0. The second-order valence-corrected chi connectivity index (χ2v) is 13.8. The number of methoxy groups -OCH3 is 1. The lowest BCUT2D eigenvalue weighted by Gasteiger charge is -2.09. The van der Waals surface area contributed by atoms with Crippen molar-refractivity contribution in [1.29, 1.82) is 0 Å². The molecule has 0 fully saturated rings. The number of pyridine rings is 1. The molecular formula is C31H26ClN5O9S2. The molecule has 2 amide bonds. The minimum atomic E-state index is -3.86. The van der Waals surface area contributed by atoms with Gasteiger partial charge in [0.1, 0.15) is 5.75 Å². The molecule has 2 N–H and O–H groups in total. The summed E-state index contributed by atoms with van der Waals surface area (Å²) in [6.45, 7) is 1.67. The number of anilines is 2. The third-order valence-corrected chi connectivity index (χ3v) is 10.1. The first-order valence-corrected chi connectivity index (χ1v) is 17.0. The van der Waals surface area contributed by atoms with Gasteiger partial charge in [0, 0.05) is 29.8 Å². The summed E-state index contributed by atoms with van der Waals surface area (Å²) in [7, 11) is -6.17. The topological polar surface area (TPSA) is 185 Å². The molecule has 0 spiro atoms. The molecule has 0 saturated heterocycles. The van der Waals surface area contributed by atoms with Crippen molar-refractivity contribution in [3.05, 3.63) is 132 Å². The number of carbonyl (C=O) groups excluding carboxylic acids is 2. The number of benzene rings is 1. The predicted molar refractivity (Wildman–Crippen MR) is 174 cm³/mol. The second-order valence-electron chi connectivity index (χ2n) is 9.78. The van der Waals surface area contributed by atoms with E-state index in [-0.39, 0.29) is 21.4 Å². The number of amides is 2. The summed E-state index contributed by atoms with van der Waals surface area (Å²) in [5, 5.41) is 5.45. The quantitative estimate of drug-likeness (QED) is 0.194. The largest absolute Gasteiger partial charge is 0.495 e. The van der Waals surface area contributed by atoms with Crippen LogP contribution in [0.3, 0.4) is 0 Å². The highest BCUT2D eigenvalue weighted by Gasteiger charge is 2.21. The number of halogens is 1. The average Bonchev–Trinajstić information content (AvgIpc) is 3.89. The van der Waals surface area contributed by atoms with E-state index >= 15 is 0 Å². The van der Waals surface area contributed by atoms with Crippen LogP contribution >= 0.6 is 11.6 Å². The van der Waals surface area contributed by atoms with Gasteiger partial charge in [-0.25, -0.2) is 21.3 Å². The predicted octanol–water partition coefficient (Wildman–Crippen LogP) is 5.51. The summed E-state index contributed by atoms with van der Waals surface area (Å²) in [6, 6.07) is 16.5. The minimum Gasteiger partial charge on any atom is -0.495 e. The first-order valence-electron chi connectivity index (χ1n) is 13.7. The Balaban J connectivity index is 0.000000188. The van der Waals surface area contributed by atoms with E-state index in [1.54, 1.807) is 25.1 Å². The van der Waals surface area contributed by atoms with Gasteiger partial charge in [0.2, 0.25) is 0 Å². The lowest BCUT2D eigenvalue weighted by atomic mass is 10.2. The molecule has 17 heteroatoms. The van der Waals surface area contributed by atoms with E-state index in [0.717, 1.165) is 7.94 Å². The first kappa shape index (κ1) is 33.8. The third-order valence-electron chi connectivity index (χ3n) is 6.52. The van der Waals surface area contributed by atoms with Crippen molar-refractivity contribution in [2.24, 2.45) is 0 Å². The fourth-order valence-corrected chi connectivity index (χ4v) is 6.91. The maximum Gasteiger partial charge on any atom is 0.291 e. The SMILES string of the molecule is COc1ccc(S(=O)(=O)n2ccc(NC(=O)c3ccco3)c2)nc1.Cc1cc(Cl)ccc1S(=O)(=O)n1ccc(NC(=O)c2ccco2)c1.